The molecule has 0 aromatic heterocycles. The highest BCUT2D eigenvalue weighted by molar-refractivity contribution is 6.30. The molecule has 1 aliphatic heterocycles. The van der Waals surface area contributed by atoms with Crippen molar-refractivity contribution in [2.24, 2.45) is 0 Å². The van der Waals surface area contributed by atoms with Crippen molar-refractivity contribution in [1.29, 1.82) is 0 Å². The van der Waals surface area contributed by atoms with Crippen molar-refractivity contribution in [1.82, 2.24) is 20.4 Å². The van der Waals surface area contributed by atoms with Gasteiger partial charge in [0.1, 0.15) is 0 Å². The Morgan fingerprint density at radius 1 is 1.11 bits per heavy atom. The van der Waals surface area contributed by atoms with E-state index in [1.54, 1.807) is 29.2 Å². The normalized spacial score (nSPS) is 15.8. The molecule has 1 heterocycles. The zero-order valence-corrected chi connectivity index (χ0v) is 16.8. The number of halogens is 1. The minimum Gasteiger partial charge on any atom is -0.337 e. The van der Waals surface area contributed by atoms with Crippen LogP contribution in [0.4, 0.5) is 4.79 Å². The third-order valence-electron chi connectivity index (χ3n) is 4.06. The highest BCUT2D eigenvalue weighted by Gasteiger charge is 2.22. The van der Waals surface area contributed by atoms with Gasteiger partial charge in [0, 0.05) is 42.3 Å². The van der Waals surface area contributed by atoms with Crippen LogP contribution in [0.1, 0.15) is 37.6 Å². The first-order valence-electron chi connectivity index (χ1n) is 9.03. The van der Waals surface area contributed by atoms with Gasteiger partial charge in [0.2, 0.25) is 5.91 Å². The molecule has 0 unspecified atom stereocenters. The number of imide groups is 1. The van der Waals surface area contributed by atoms with Gasteiger partial charge in [-0.3, -0.25) is 19.8 Å². The first kappa shape index (κ1) is 21.2. The molecule has 0 spiro atoms. The standard InChI is InChI=1S/C19H27ClN4O3/c1-19(2,3)22-18(27)21-16(25)13-23-8-5-9-24(11-10-23)17(26)14-6-4-7-15(20)12-14/h4,6-7,12H,5,8-11,13H2,1-3H3,(H2,21,22,25,27). The van der Waals surface area contributed by atoms with Crippen LogP contribution < -0.4 is 10.6 Å². The van der Waals surface area contributed by atoms with E-state index in [9.17, 15) is 14.4 Å². The van der Waals surface area contributed by atoms with Crippen LogP contribution in [0.5, 0.6) is 0 Å². The van der Waals surface area contributed by atoms with Gasteiger partial charge in [-0.25, -0.2) is 4.79 Å². The molecule has 1 aromatic carbocycles. The van der Waals surface area contributed by atoms with E-state index in [-0.39, 0.29) is 18.4 Å². The topological polar surface area (TPSA) is 81.8 Å². The van der Waals surface area contributed by atoms with Crippen LogP contribution in [0.15, 0.2) is 24.3 Å². The molecule has 1 aliphatic rings. The van der Waals surface area contributed by atoms with Gasteiger partial charge < -0.3 is 10.2 Å². The summed E-state index contributed by atoms with van der Waals surface area (Å²) in [5.74, 6) is -0.417. The van der Waals surface area contributed by atoms with Crippen molar-refractivity contribution in [2.75, 3.05) is 32.7 Å². The second kappa shape index (κ2) is 9.19. The van der Waals surface area contributed by atoms with E-state index in [0.29, 0.717) is 36.8 Å². The largest absolute Gasteiger partial charge is 0.337 e. The summed E-state index contributed by atoms with van der Waals surface area (Å²) in [6.07, 6.45) is 0.758. The summed E-state index contributed by atoms with van der Waals surface area (Å²) < 4.78 is 0. The average Bonchev–Trinajstić information content (AvgIpc) is 2.77. The van der Waals surface area contributed by atoms with Crippen LogP contribution in [-0.2, 0) is 4.79 Å². The molecule has 1 aromatic rings. The monoisotopic (exact) mass is 394 g/mol. The number of nitrogens with zero attached hydrogens (tertiary/aromatic N) is 2. The number of carbonyl (C=O) groups is 3. The molecule has 0 radical (unpaired) electrons. The van der Waals surface area contributed by atoms with Crippen molar-refractivity contribution in [3.8, 4) is 0 Å². The molecule has 4 amide bonds. The van der Waals surface area contributed by atoms with Crippen molar-refractivity contribution >= 4 is 29.4 Å². The lowest BCUT2D eigenvalue weighted by Gasteiger charge is -2.23. The maximum absolute atomic E-state index is 12.6. The predicted molar refractivity (Wildman–Crippen MR) is 105 cm³/mol. The molecule has 0 atom stereocenters. The molecule has 148 valence electrons. The number of nitrogens with one attached hydrogen (secondary N) is 2. The SMILES string of the molecule is CC(C)(C)NC(=O)NC(=O)CN1CCCN(C(=O)c2cccc(Cl)c2)CC1. The zero-order valence-electron chi connectivity index (χ0n) is 16.0. The van der Waals surface area contributed by atoms with Gasteiger partial charge in [-0.2, -0.15) is 0 Å². The Morgan fingerprint density at radius 3 is 2.52 bits per heavy atom. The fraction of sp³-hybridized carbons (Fsp3) is 0.526. The number of rotatable bonds is 3. The maximum Gasteiger partial charge on any atom is 0.321 e. The lowest BCUT2D eigenvalue weighted by atomic mass is 10.1. The zero-order chi connectivity index (χ0) is 20.0. The van der Waals surface area contributed by atoms with Gasteiger partial charge in [0.05, 0.1) is 6.54 Å². The quantitative estimate of drug-likeness (QED) is 0.822. The number of amides is 4. The van der Waals surface area contributed by atoms with Gasteiger partial charge >= 0.3 is 6.03 Å². The lowest BCUT2D eigenvalue weighted by molar-refractivity contribution is -0.121. The van der Waals surface area contributed by atoms with E-state index in [1.165, 1.54) is 0 Å². The van der Waals surface area contributed by atoms with Gasteiger partial charge in [-0.1, -0.05) is 17.7 Å². The first-order chi connectivity index (χ1) is 12.6. The summed E-state index contributed by atoms with van der Waals surface area (Å²) in [6, 6.07) is 6.40. The molecule has 2 N–H and O–H groups in total. The summed E-state index contributed by atoms with van der Waals surface area (Å²) in [5, 5.41) is 5.57. The van der Waals surface area contributed by atoms with Crippen molar-refractivity contribution in [3.63, 3.8) is 0 Å². The fourth-order valence-corrected chi connectivity index (χ4v) is 3.07. The van der Waals surface area contributed by atoms with E-state index >= 15 is 0 Å². The molecule has 1 fully saturated rings. The summed E-state index contributed by atoms with van der Waals surface area (Å²) in [5.41, 5.74) is 0.154. The van der Waals surface area contributed by atoms with Crippen LogP contribution in [0.25, 0.3) is 0 Å². The smallest absolute Gasteiger partial charge is 0.321 e. The van der Waals surface area contributed by atoms with Gasteiger partial charge in [0.25, 0.3) is 5.91 Å². The third-order valence-corrected chi connectivity index (χ3v) is 4.29. The van der Waals surface area contributed by atoms with E-state index in [4.69, 9.17) is 11.6 Å². The van der Waals surface area contributed by atoms with Crippen LogP contribution >= 0.6 is 11.6 Å². The third kappa shape index (κ3) is 7.19. The molecular formula is C19H27ClN4O3. The fourth-order valence-electron chi connectivity index (χ4n) is 2.88. The molecule has 1 saturated heterocycles. The Labute approximate surface area is 165 Å². The van der Waals surface area contributed by atoms with Crippen LogP contribution in [0, 0.1) is 0 Å². The summed E-state index contributed by atoms with van der Waals surface area (Å²) in [4.78, 5) is 40.2. The first-order valence-corrected chi connectivity index (χ1v) is 9.41. The second-order valence-electron chi connectivity index (χ2n) is 7.68. The molecule has 0 bridgehead atoms. The van der Waals surface area contributed by atoms with Crippen LogP contribution in [0.3, 0.4) is 0 Å². The van der Waals surface area contributed by atoms with Crippen molar-refractivity contribution in [3.05, 3.63) is 34.9 Å². The number of carbonyl (C=O) groups excluding carboxylic acids is 3. The number of urea groups is 1. The highest BCUT2D eigenvalue weighted by Crippen LogP contribution is 2.14. The second-order valence-corrected chi connectivity index (χ2v) is 8.12. The Hall–Kier alpha value is -2.12. The van der Waals surface area contributed by atoms with Crippen LogP contribution in [0.2, 0.25) is 5.02 Å². The molecule has 0 aliphatic carbocycles. The summed E-state index contributed by atoms with van der Waals surface area (Å²) in [6.45, 7) is 8.05. The van der Waals surface area contributed by atoms with E-state index in [1.807, 2.05) is 25.7 Å². The summed E-state index contributed by atoms with van der Waals surface area (Å²) >= 11 is 5.97. The Bertz CT molecular complexity index is 702. The predicted octanol–water partition coefficient (Wildman–Crippen LogP) is 2.11. The molecular weight excluding hydrogens is 368 g/mol. The van der Waals surface area contributed by atoms with E-state index < -0.39 is 11.6 Å². The average molecular weight is 395 g/mol. The number of hydrogen-bond acceptors (Lipinski definition) is 4. The molecule has 0 saturated carbocycles. The molecule has 7 nitrogen and oxygen atoms in total. The van der Waals surface area contributed by atoms with Gasteiger partial charge in [-0.05, 0) is 45.4 Å². The molecule has 2 rings (SSSR count). The number of hydrogen-bond donors (Lipinski definition) is 2. The minimum absolute atomic E-state index is 0.0617. The minimum atomic E-state index is -0.500. The van der Waals surface area contributed by atoms with Gasteiger partial charge in [-0.15, -0.1) is 0 Å². The number of benzene rings is 1. The summed E-state index contributed by atoms with van der Waals surface area (Å²) in [7, 11) is 0. The highest BCUT2D eigenvalue weighted by atomic mass is 35.5. The Morgan fingerprint density at radius 2 is 1.85 bits per heavy atom. The molecule has 8 heteroatoms. The van der Waals surface area contributed by atoms with Crippen LogP contribution in [-0.4, -0.2) is 65.9 Å². The Kier molecular flexibility index (Phi) is 7.21. The van der Waals surface area contributed by atoms with E-state index in [0.717, 1.165) is 6.42 Å². The Balaban J connectivity index is 1.84. The van der Waals surface area contributed by atoms with E-state index in [2.05, 4.69) is 10.6 Å². The van der Waals surface area contributed by atoms with Crippen molar-refractivity contribution in [2.45, 2.75) is 32.7 Å². The maximum atomic E-state index is 12.6. The van der Waals surface area contributed by atoms with Crippen molar-refractivity contribution < 1.29 is 14.4 Å². The van der Waals surface area contributed by atoms with Gasteiger partial charge in [0.15, 0.2) is 0 Å². The lowest BCUT2D eigenvalue weighted by Crippen LogP contribution is -2.50. The molecule has 27 heavy (non-hydrogen) atoms.